The second-order valence-corrected chi connectivity index (χ2v) is 8.24. The van der Waals surface area contributed by atoms with E-state index in [-0.39, 0.29) is 11.5 Å². The Morgan fingerprint density at radius 2 is 1.81 bits per heavy atom. The van der Waals surface area contributed by atoms with Gasteiger partial charge in [-0.2, -0.15) is 0 Å². The second kappa shape index (κ2) is 9.43. The number of likely N-dealkylation sites (tertiary alicyclic amines) is 1. The normalized spacial score (nSPS) is 17.5. The van der Waals surface area contributed by atoms with Gasteiger partial charge in [0.15, 0.2) is 0 Å². The molecule has 0 aliphatic carbocycles. The average molecular weight is 426 g/mol. The third kappa shape index (κ3) is 4.85. The molecule has 0 unspecified atom stereocenters. The lowest BCUT2D eigenvalue weighted by atomic mass is 9.98. The topological polar surface area (TPSA) is 77.6 Å². The van der Waals surface area contributed by atoms with Crippen molar-refractivity contribution < 1.29 is 14.0 Å². The summed E-state index contributed by atoms with van der Waals surface area (Å²) < 4.78 is 14.0. The first-order chi connectivity index (χ1) is 15.0. The molecule has 2 saturated heterocycles. The molecule has 8 heteroatoms. The maximum Gasteiger partial charge on any atom is 0.258 e. The standard InChI is InChI=1S/C23H28FN5O2/c1-16-6-10-29(11-7-16)23(31)19-14-17(15-26-21(19)28-12-8-25-9-13-28)27-22(30)18-4-2-3-5-20(18)24/h2-5,14-16,25H,6-13H2,1H3,(H,27,30). The molecule has 2 aliphatic rings. The van der Waals surface area contributed by atoms with Gasteiger partial charge in [0.25, 0.3) is 11.8 Å². The molecule has 4 rings (SSSR count). The second-order valence-electron chi connectivity index (χ2n) is 8.24. The molecule has 2 amide bonds. The molecular formula is C23H28FN5O2. The molecule has 0 atom stereocenters. The number of nitrogens with zero attached hydrogens (tertiary/aromatic N) is 3. The number of benzene rings is 1. The van der Waals surface area contributed by atoms with Crippen LogP contribution < -0.4 is 15.5 Å². The van der Waals surface area contributed by atoms with Crippen LogP contribution >= 0.6 is 0 Å². The summed E-state index contributed by atoms with van der Waals surface area (Å²) >= 11 is 0. The zero-order valence-electron chi connectivity index (χ0n) is 17.7. The van der Waals surface area contributed by atoms with Gasteiger partial charge in [0.1, 0.15) is 11.6 Å². The van der Waals surface area contributed by atoms with Crippen LogP contribution in [0.4, 0.5) is 15.9 Å². The molecule has 31 heavy (non-hydrogen) atoms. The van der Waals surface area contributed by atoms with Crippen molar-refractivity contribution in [1.82, 2.24) is 15.2 Å². The van der Waals surface area contributed by atoms with Crippen LogP contribution in [0.15, 0.2) is 36.5 Å². The summed E-state index contributed by atoms with van der Waals surface area (Å²) in [6.45, 7) is 6.79. The van der Waals surface area contributed by atoms with Crippen molar-refractivity contribution in [3.63, 3.8) is 0 Å². The first-order valence-corrected chi connectivity index (χ1v) is 10.8. The van der Waals surface area contributed by atoms with Gasteiger partial charge >= 0.3 is 0 Å². The molecule has 1 aromatic heterocycles. The number of piperazine rings is 1. The Balaban J connectivity index is 1.62. The molecule has 164 valence electrons. The molecule has 0 bridgehead atoms. The number of nitrogens with one attached hydrogen (secondary N) is 2. The monoisotopic (exact) mass is 425 g/mol. The van der Waals surface area contributed by atoms with Crippen molar-refractivity contribution in [2.45, 2.75) is 19.8 Å². The zero-order valence-corrected chi connectivity index (χ0v) is 17.7. The van der Waals surface area contributed by atoms with E-state index in [1.807, 2.05) is 4.90 Å². The van der Waals surface area contributed by atoms with Gasteiger partial charge in [0, 0.05) is 39.3 Å². The summed E-state index contributed by atoms with van der Waals surface area (Å²) in [5.74, 6) is 0.00860. The van der Waals surface area contributed by atoms with Gasteiger partial charge in [0.2, 0.25) is 0 Å². The highest BCUT2D eigenvalue weighted by atomic mass is 19.1. The fourth-order valence-corrected chi connectivity index (χ4v) is 4.04. The van der Waals surface area contributed by atoms with Crippen LogP contribution in [0, 0.1) is 11.7 Å². The Hall–Kier alpha value is -3.00. The van der Waals surface area contributed by atoms with Gasteiger partial charge in [-0.3, -0.25) is 9.59 Å². The highest BCUT2D eigenvalue weighted by molar-refractivity contribution is 6.06. The summed E-state index contributed by atoms with van der Waals surface area (Å²) in [5, 5.41) is 6.00. The van der Waals surface area contributed by atoms with Crippen LogP contribution in [0.25, 0.3) is 0 Å². The molecule has 0 saturated carbocycles. The lowest BCUT2D eigenvalue weighted by Crippen LogP contribution is -2.45. The maximum absolute atomic E-state index is 14.0. The first kappa shape index (κ1) is 21.2. The lowest BCUT2D eigenvalue weighted by molar-refractivity contribution is 0.0697. The van der Waals surface area contributed by atoms with E-state index in [0.29, 0.717) is 36.1 Å². The van der Waals surface area contributed by atoms with Crippen molar-refractivity contribution in [2.75, 3.05) is 49.5 Å². The van der Waals surface area contributed by atoms with E-state index >= 15 is 0 Å². The summed E-state index contributed by atoms with van der Waals surface area (Å²) in [6, 6.07) is 7.48. The largest absolute Gasteiger partial charge is 0.353 e. The number of carbonyl (C=O) groups is 2. The molecule has 2 fully saturated rings. The van der Waals surface area contributed by atoms with Gasteiger partial charge in [-0.25, -0.2) is 9.37 Å². The third-order valence-electron chi connectivity index (χ3n) is 5.96. The lowest BCUT2D eigenvalue weighted by Gasteiger charge is -2.33. The molecule has 1 aromatic carbocycles. The minimum absolute atomic E-state index is 0.0495. The summed E-state index contributed by atoms with van der Waals surface area (Å²) in [4.78, 5) is 34.5. The van der Waals surface area contributed by atoms with Gasteiger partial charge in [-0.1, -0.05) is 19.1 Å². The molecule has 2 aliphatic heterocycles. The van der Waals surface area contributed by atoms with Crippen LogP contribution in [0.3, 0.4) is 0 Å². The number of aromatic nitrogens is 1. The number of carbonyl (C=O) groups excluding carboxylic acids is 2. The number of rotatable bonds is 4. The summed E-state index contributed by atoms with van der Waals surface area (Å²) in [6.07, 6.45) is 3.49. The molecule has 0 spiro atoms. The minimum Gasteiger partial charge on any atom is -0.353 e. The SMILES string of the molecule is CC1CCN(C(=O)c2cc(NC(=O)c3ccccc3F)cnc2N2CCNCC2)CC1. The van der Waals surface area contributed by atoms with Gasteiger partial charge in [0.05, 0.1) is 23.0 Å². The summed E-state index contributed by atoms with van der Waals surface area (Å²) in [5.41, 5.74) is 0.801. The smallest absolute Gasteiger partial charge is 0.258 e. The molecular weight excluding hydrogens is 397 g/mol. The average Bonchev–Trinajstić information content (AvgIpc) is 2.80. The number of amides is 2. The zero-order chi connectivity index (χ0) is 21.8. The fraction of sp³-hybridized carbons (Fsp3) is 0.435. The van der Waals surface area contributed by atoms with E-state index in [2.05, 4.69) is 27.4 Å². The van der Waals surface area contributed by atoms with Crippen molar-refractivity contribution >= 4 is 23.3 Å². The van der Waals surface area contributed by atoms with Gasteiger partial charge < -0.3 is 20.4 Å². The molecule has 7 nitrogen and oxygen atoms in total. The quantitative estimate of drug-likeness (QED) is 0.788. The number of halogens is 1. The van der Waals surface area contributed by atoms with Crippen molar-refractivity contribution in [3.05, 3.63) is 53.5 Å². The maximum atomic E-state index is 14.0. The van der Waals surface area contributed by atoms with Crippen LogP contribution in [0.5, 0.6) is 0 Å². The van der Waals surface area contributed by atoms with Crippen LogP contribution in [0.2, 0.25) is 0 Å². The number of pyridine rings is 1. The number of piperidine rings is 1. The summed E-state index contributed by atoms with van der Waals surface area (Å²) in [7, 11) is 0. The molecule has 2 aromatic rings. The predicted octanol–water partition coefficient (Wildman–Crippen LogP) is 2.75. The third-order valence-corrected chi connectivity index (χ3v) is 5.96. The Bertz CT molecular complexity index is 953. The number of anilines is 2. The van der Waals surface area contributed by atoms with E-state index in [1.54, 1.807) is 12.1 Å². The van der Waals surface area contributed by atoms with E-state index in [1.165, 1.54) is 24.4 Å². The predicted molar refractivity (Wildman–Crippen MR) is 118 cm³/mol. The van der Waals surface area contributed by atoms with E-state index in [0.717, 1.165) is 39.0 Å². The first-order valence-electron chi connectivity index (χ1n) is 10.8. The van der Waals surface area contributed by atoms with E-state index in [4.69, 9.17) is 0 Å². The number of hydrogen-bond acceptors (Lipinski definition) is 5. The molecule has 2 N–H and O–H groups in total. The Morgan fingerprint density at radius 3 is 2.52 bits per heavy atom. The van der Waals surface area contributed by atoms with Crippen molar-refractivity contribution in [2.24, 2.45) is 5.92 Å². The van der Waals surface area contributed by atoms with Gasteiger partial charge in [-0.15, -0.1) is 0 Å². The Labute approximate surface area is 181 Å². The molecule has 3 heterocycles. The number of hydrogen-bond donors (Lipinski definition) is 2. The van der Waals surface area contributed by atoms with Crippen LogP contribution in [-0.4, -0.2) is 61.0 Å². The van der Waals surface area contributed by atoms with Crippen molar-refractivity contribution in [1.29, 1.82) is 0 Å². The van der Waals surface area contributed by atoms with Crippen LogP contribution in [0.1, 0.15) is 40.5 Å². The highest BCUT2D eigenvalue weighted by Gasteiger charge is 2.27. The van der Waals surface area contributed by atoms with E-state index < -0.39 is 11.7 Å². The Kier molecular flexibility index (Phi) is 6.46. The Morgan fingerprint density at radius 1 is 1.10 bits per heavy atom. The fourth-order valence-electron chi connectivity index (χ4n) is 4.04. The van der Waals surface area contributed by atoms with Crippen molar-refractivity contribution in [3.8, 4) is 0 Å². The van der Waals surface area contributed by atoms with Gasteiger partial charge in [-0.05, 0) is 37.0 Å². The molecule has 0 radical (unpaired) electrons. The minimum atomic E-state index is -0.593. The van der Waals surface area contributed by atoms with E-state index in [9.17, 15) is 14.0 Å². The highest BCUT2D eigenvalue weighted by Crippen LogP contribution is 2.26. The van der Waals surface area contributed by atoms with Crippen LogP contribution in [-0.2, 0) is 0 Å².